The lowest BCUT2D eigenvalue weighted by atomic mass is 9.48. The number of methoxy groups -OCH3 is 1. The molecule has 0 bridgehead atoms. The first kappa shape index (κ1) is 41.2. The molecule has 5 heterocycles. The van der Waals surface area contributed by atoms with Crippen LogP contribution in [0.25, 0.3) is 11.4 Å². The van der Waals surface area contributed by atoms with Crippen molar-refractivity contribution in [1.29, 1.82) is 0 Å². The Morgan fingerprint density at radius 3 is 1.73 bits per heavy atom. The van der Waals surface area contributed by atoms with Crippen LogP contribution in [0.4, 0.5) is 0 Å². The number of aromatic nitrogens is 2. The van der Waals surface area contributed by atoms with E-state index in [1.54, 1.807) is 7.11 Å². The first-order valence-corrected chi connectivity index (χ1v) is 20.4. The highest BCUT2D eigenvalue weighted by atomic mass is 79.9. The van der Waals surface area contributed by atoms with Crippen molar-refractivity contribution < 1.29 is 32.7 Å². The van der Waals surface area contributed by atoms with Gasteiger partial charge in [0.1, 0.15) is 5.75 Å². The number of pyridine rings is 2. The topological polar surface area (TPSA) is 90.4 Å². The standard InChI is InChI=1S/C41H55B3BrClN2O7/c1-33(2,3)25-16-18-47-30(20-25)31-21-26(17-19-48-31)34(4,5)41(39(13)40(41,14)55-44(54-39)43-51-35(6,7)36(8,9)52-43)24-38(12)37(10,11)50-42(53-38)27-22-29(46)28(45)23-32(27)49-15/h16-23H,24H2,1-15H3. The summed E-state index contributed by atoms with van der Waals surface area (Å²) in [5.41, 5.74) is -0.960. The van der Waals surface area contributed by atoms with Crippen molar-refractivity contribution in [2.24, 2.45) is 5.41 Å². The van der Waals surface area contributed by atoms with Crippen LogP contribution in [0.3, 0.4) is 0 Å². The predicted octanol–water partition coefficient (Wildman–Crippen LogP) is 8.74. The van der Waals surface area contributed by atoms with E-state index in [2.05, 4.69) is 109 Å². The molecule has 3 atom stereocenters. The molecule has 0 amide bonds. The summed E-state index contributed by atoms with van der Waals surface area (Å²) in [6.45, 7) is 29.9. The zero-order valence-corrected chi connectivity index (χ0v) is 37.4. The molecule has 0 spiro atoms. The van der Waals surface area contributed by atoms with Crippen molar-refractivity contribution in [3.05, 3.63) is 69.4 Å². The highest BCUT2D eigenvalue weighted by Crippen LogP contribution is 2.82. The van der Waals surface area contributed by atoms with E-state index in [4.69, 9.17) is 54.2 Å². The van der Waals surface area contributed by atoms with E-state index < -0.39 is 65.6 Å². The van der Waals surface area contributed by atoms with Crippen molar-refractivity contribution >= 4 is 54.1 Å². The van der Waals surface area contributed by atoms with Gasteiger partial charge < -0.3 is 32.7 Å². The van der Waals surface area contributed by atoms with Crippen LogP contribution >= 0.6 is 27.5 Å². The number of hydrogen-bond donors (Lipinski definition) is 0. The molecule has 9 nitrogen and oxygen atoms in total. The Morgan fingerprint density at radius 2 is 1.20 bits per heavy atom. The zero-order valence-electron chi connectivity index (χ0n) is 35.1. The number of rotatable bonds is 8. The maximum atomic E-state index is 7.15. The number of ether oxygens (including phenoxy) is 1. The second-order valence-corrected chi connectivity index (χ2v) is 20.7. The van der Waals surface area contributed by atoms with Crippen LogP contribution < -0.4 is 10.2 Å². The van der Waals surface area contributed by atoms with Crippen LogP contribution in [0.2, 0.25) is 5.02 Å². The highest BCUT2D eigenvalue weighted by Gasteiger charge is 2.94. The van der Waals surface area contributed by atoms with Crippen LogP contribution in [0.1, 0.15) is 114 Å². The predicted molar refractivity (Wildman–Crippen MR) is 223 cm³/mol. The minimum Gasteiger partial charge on any atom is -0.497 e. The summed E-state index contributed by atoms with van der Waals surface area (Å²) in [4.78, 5) is 9.59. The zero-order chi connectivity index (χ0) is 40.6. The SMILES string of the molecule is COc1cc(Br)c(Cl)cc1B1OC(C)(C)C(C)(CC2(C(C)(C)c3ccnc(-c4cc(C(C)(C)C)ccn4)c3)C3(C)OB(B4OC(C)(C)C(C)(C)O4)OC32C)O1. The van der Waals surface area contributed by atoms with Crippen LogP contribution in [0.15, 0.2) is 53.3 Å². The molecule has 3 unspecified atom stereocenters. The molecule has 3 saturated heterocycles. The van der Waals surface area contributed by atoms with E-state index in [0.717, 1.165) is 21.4 Å². The number of nitrogens with zero attached hydrogens (tertiary/aromatic N) is 2. The molecule has 3 aliphatic heterocycles. The smallest absolute Gasteiger partial charge is 0.497 e. The van der Waals surface area contributed by atoms with E-state index in [0.29, 0.717) is 22.7 Å². The van der Waals surface area contributed by atoms with Gasteiger partial charge in [0, 0.05) is 33.2 Å². The average molecular weight is 836 g/mol. The third kappa shape index (κ3) is 5.95. The molecular weight excluding hydrogens is 780 g/mol. The molecule has 1 aliphatic carbocycles. The number of benzene rings is 1. The molecule has 7 rings (SSSR count). The van der Waals surface area contributed by atoms with Crippen LogP contribution in [0, 0.1) is 5.41 Å². The van der Waals surface area contributed by atoms with Crippen molar-refractivity contribution in [2.45, 2.75) is 148 Å². The first-order chi connectivity index (χ1) is 25.2. The highest BCUT2D eigenvalue weighted by molar-refractivity contribution is 9.10. The first-order valence-electron chi connectivity index (χ1n) is 19.2. The molecule has 2 aromatic heterocycles. The summed E-state index contributed by atoms with van der Waals surface area (Å²) in [6.07, 6.45) is 4.26. The monoisotopic (exact) mass is 834 g/mol. The van der Waals surface area contributed by atoms with Crippen molar-refractivity contribution in [2.75, 3.05) is 7.11 Å². The summed E-state index contributed by atoms with van der Waals surface area (Å²) in [6, 6.07) is 12.2. The maximum Gasteiger partial charge on any atom is 0.498 e. The van der Waals surface area contributed by atoms with Crippen molar-refractivity contribution in [3.8, 4) is 17.1 Å². The summed E-state index contributed by atoms with van der Waals surface area (Å²) >= 11 is 10.2. The lowest BCUT2D eigenvalue weighted by Gasteiger charge is -2.48. The number of fused-ring (bicyclic) bond motifs is 1. The Labute approximate surface area is 342 Å². The van der Waals surface area contributed by atoms with Gasteiger partial charge in [0.15, 0.2) is 0 Å². The lowest BCUT2D eigenvalue weighted by molar-refractivity contribution is -0.0667. The van der Waals surface area contributed by atoms with Gasteiger partial charge in [0.05, 0.1) is 57.1 Å². The Kier molecular flexibility index (Phi) is 9.57. The van der Waals surface area contributed by atoms with Gasteiger partial charge in [-0.2, -0.15) is 0 Å². The molecule has 14 heteroatoms. The summed E-state index contributed by atoms with van der Waals surface area (Å²) < 4.78 is 47.7. The Morgan fingerprint density at radius 1 is 0.691 bits per heavy atom. The third-order valence-corrected chi connectivity index (χ3v) is 15.5. The fourth-order valence-corrected chi connectivity index (χ4v) is 10.0. The van der Waals surface area contributed by atoms with E-state index in [9.17, 15) is 0 Å². The number of hydrogen-bond acceptors (Lipinski definition) is 9. The Hall–Kier alpha value is -1.96. The molecule has 4 fully saturated rings. The van der Waals surface area contributed by atoms with Gasteiger partial charge in [-0.1, -0.05) is 46.2 Å². The minimum absolute atomic E-state index is 0.0370. The van der Waals surface area contributed by atoms with Gasteiger partial charge >= 0.3 is 21.1 Å². The van der Waals surface area contributed by atoms with Crippen LogP contribution in [0.5, 0.6) is 5.75 Å². The van der Waals surface area contributed by atoms with E-state index in [1.807, 2.05) is 52.2 Å². The molecule has 294 valence electrons. The van der Waals surface area contributed by atoms with E-state index in [1.165, 1.54) is 5.56 Å². The molecule has 3 aromatic rings. The molecule has 1 saturated carbocycles. The van der Waals surface area contributed by atoms with E-state index in [-0.39, 0.29) is 5.41 Å². The molecular formula is C41H55B3BrClN2O7. The lowest BCUT2D eigenvalue weighted by Crippen LogP contribution is -2.55. The Balaban J connectivity index is 1.31. The van der Waals surface area contributed by atoms with Gasteiger partial charge in [-0.05, 0) is 138 Å². The quantitative estimate of drug-likeness (QED) is 0.207. The molecule has 0 N–H and O–H groups in total. The summed E-state index contributed by atoms with van der Waals surface area (Å²) in [5, 5.41) is 0.537. The van der Waals surface area contributed by atoms with Crippen LogP contribution in [-0.4, -0.2) is 71.8 Å². The summed E-state index contributed by atoms with van der Waals surface area (Å²) in [5.74, 6) is 0.615. The normalized spacial score (nSPS) is 30.9. The van der Waals surface area contributed by atoms with Crippen molar-refractivity contribution in [1.82, 2.24) is 9.97 Å². The Bertz CT molecular complexity index is 1990. The maximum absolute atomic E-state index is 7.15. The summed E-state index contributed by atoms with van der Waals surface area (Å²) in [7, 11) is -0.543. The van der Waals surface area contributed by atoms with Crippen LogP contribution in [-0.2, 0) is 38.8 Å². The molecule has 4 aliphatic rings. The van der Waals surface area contributed by atoms with Gasteiger partial charge in [-0.25, -0.2) is 0 Å². The second kappa shape index (κ2) is 12.8. The molecule has 0 radical (unpaired) electrons. The fraction of sp³-hybridized carbons (Fsp3) is 0.610. The van der Waals surface area contributed by atoms with Crippen molar-refractivity contribution in [3.63, 3.8) is 0 Å². The molecule has 55 heavy (non-hydrogen) atoms. The fourth-order valence-electron chi connectivity index (χ4n) is 9.53. The minimum atomic E-state index is -0.846. The average Bonchev–Trinajstić information content (AvgIpc) is 3.35. The largest absolute Gasteiger partial charge is 0.498 e. The number of halogens is 2. The van der Waals surface area contributed by atoms with E-state index >= 15 is 0 Å². The van der Waals surface area contributed by atoms with Gasteiger partial charge in [-0.3, -0.25) is 9.97 Å². The third-order valence-electron chi connectivity index (χ3n) is 14.3. The van der Waals surface area contributed by atoms with Gasteiger partial charge in [0.25, 0.3) is 0 Å². The van der Waals surface area contributed by atoms with Gasteiger partial charge in [0.2, 0.25) is 0 Å². The molecule has 1 aromatic carbocycles. The van der Waals surface area contributed by atoms with Gasteiger partial charge in [-0.15, -0.1) is 0 Å². The second-order valence-electron chi connectivity index (χ2n) is 19.4.